The highest BCUT2D eigenvalue weighted by atomic mass is 16.5. The van der Waals surface area contributed by atoms with Gasteiger partial charge in [-0.3, -0.25) is 4.79 Å². The molecule has 0 unspecified atom stereocenters. The standard InChI is InChI=1S/C12H15NO2/c1-15-12(14)7-9-13-8-6-10-4-2-3-5-11(10)13/h2-5H,6-9H2,1H3. The minimum Gasteiger partial charge on any atom is -0.469 e. The van der Waals surface area contributed by atoms with Crippen LogP contribution in [0.3, 0.4) is 0 Å². The molecule has 1 aliphatic rings. The summed E-state index contributed by atoms with van der Waals surface area (Å²) in [5, 5.41) is 0. The van der Waals surface area contributed by atoms with Gasteiger partial charge in [-0.25, -0.2) is 0 Å². The fourth-order valence-electron chi connectivity index (χ4n) is 1.97. The summed E-state index contributed by atoms with van der Waals surface area (Å²) in [6.45, 7) is 1.76. The Labute approximate surface area is 89.7 Å². The number of methoxy groups -OCH3 is 1. The third-order valence-corrected chi connectivity index (χ3v) is 2.80. The van der Waals surface area contributed by atoms with E-state index in [0.717, 1.165) is 19.5 Å². The third kappa shape index (κ3) is 2.12. The van der Waals surface area contributed by atoms with Crippen LogP contribution in [0.2, 0.25) is 0 Å². The molecule has 0 N–H and O–H groups in total. The molecule has 3 nitrogen and oxygen atoms in total. The van der Waals surface area contributed by atoms with E-state index in [1.807, 2.05) is 6.07 Å². The summed E-state index contributed by atoms with van der Waals surface area (Å²) in [6, 6.07) is 8.35. The normalized spacial score (nSPS) is 13.8. The Morgan fingerprint density at radius 1 is 1.47 bits per heavy atom. The first-order valence-electron chi connectivity index (χ1n) is 5.21. The molecule has 1 aliphatic heterocycles. The second kappa shape index (κ2) is 4.34. The number of benzene rings is 1. The summed E-state index contributed by atoms with van der Waals surface area (Å²) in [5.41, 5.74) is 2.64. The molecular formula is C12H15NO2. The van der Waals surface area contributed by atoms with Crippen LogP contribution in [0.4, 0.5) is 5.69 Å². The summed E-state index contributed by atoms with van der Waals surface area (Å²) in [5.74, 6) is -0.139. The lowest BCUT2D eigenvalue weighted by Crippen LogP contribution is -2.24. The van der Waals surface area contributed by atoms with Crippen molar-refractivity contribution in [2.75, 3.05) is 25.1 Å². The third-order valence-electron chi connectivity index (χ3n) is 2.80. The number of ether oxygens (including phenoxy) is 1. The number of hydrogen-bond donors (Lipinski definition) is 0. The predicted octanol–water partition coefficient (Wildman–Crippen LogP) is 1.61. The highest BCUT2D eigenvalue weighted by Crippen LogP contribution is 2.27. The number of nitrogens with zero attached hydrogens (tertiary/aromatic N) is 1. The fraction of sp³-hybridized carbons (Fsp3) is 0.417. The van der Waals surface area contributed by atoms with Crippen molar-refractivity contribution in [2.45, 2.75) is 12.8 Å². The number of fused-ring (bicyclic) bond motifs is 1. The summed E-state index contributed by atoms with van der Waals surface area (Å²) in [7, 11) is 1.43. The molecular weight excluding hydrogens is 190 g/mol. The smallest absolute Gasteiger partial charge is 0.307 e. The van der Waals surface area contributed by atoms with Crippen LogP contribution in [0.25, 0.3) is 0 Å². The molecule has 1 heterocycles. The van der Waals surface area contributed by atoms with E-state index >= 15 is 0 Å². The molecule has 0 atom stereocenters. The zero-order valence-electron chi connectivity index (χ0n) is 8.90. The van der Waals surface area contributed by atoms with E-state index in [1.165, 1.54) is 18.4 Å². The molecule has 0 bridgehead atoms. The van der Waals surface area contributed by atoms with Crippen LogP contribution in [-0.4, -0.2) is 26.2 Å². The number of carbonyl (C=O) groups excluding carboxylic acids is 1. The van der Waals surface area contributed by atoms with Crippen molar-refractivity contribution in [1.29, 1.82) is 0 Å². The molecule has 3 heteroatoms. The summed E-state index contributed by atoms with van der Waals surface area (Å²) >= 11 is 0. The van der Waals surface area contributed by atoms with Gasteiger partial charge in [-0.15, -0.1) is 0 Å². The largest absolute Gasteiger partial charge is 0.469 e. The van der Waals surface area contributed by atoms with E-state index in [2.05, 4.69) is 27.8 Å². The van der Waals surface area contributed by atoms with Crippen LogP contribution in [0.1, 0.15) is 12.0 Å². The highest BCUT2D eigenvalue weighted by Gasteiger charge is 2.18. The molecule has 0 aliphatic carbocycles. The number of rotatable bonds is 3. The molecule has 1 aromatic carbocycles. The van der Waals surface area contributed by atoms with Gasteiger partial charge in [0.2, 0.25) is 0 Å². The van der Waals surface area contributed by atoms with Crippen molar-refractivity contribution < 1.29 is 9.53 Å². The van der Waals surface area contributed by atoms with Crippen LogP contribution in [0.5, 0.6) is 0 Å². The minimum atomic E-state index is -0.139. The van der Waals surface area contributed by atoms with E-state index in [0.29, 0.717) is 6.42 Å². The van der Waals surface area contributed by atoms with Crippen LogP contribution in [0, 0.1) is 0 Å². The van der Waals surface area contributed by atoms with E-state index in [4.69, 9.17) is 0 Å². The maximum atomic E-state index is 11.0. The van der Waals surface area contributed by atoms with E-state index in [-0.39, 0.29) is 5.97 Å². The Morgan fingerprint density at radius 2 is 2.27 bits per heavy atom. The predicted molar refractivity (Wildman–Crippen MR) is 59.0 cm³/mol. The van der Waals surface area contributed by atoms with Gasteiger partial charge in [0.25, 0.3) is 0 Å². The molecule has 80 valence electrons. The van der Waals surface area contributed by atoms with Crippen molar-refractivity contribution in [3.05, 3.63) is 29.8 Å². The number of para-hydroxylation sites is 1. The quantitative estimate of drug-likeness (QED) is 0.702. The second-order valence-electron chi connectivity index (χ2n) is 3.69. The lowest BCUT2D eigenvalue weighted by molar-refractivity contribution is -0.140. The minimum absolute atomic E-state index is 0.139. The Morgan fingerprint density at radius 3 is 3.07 bits per heavy atom. The first kappa shape index (κ1) is 10.0. The summed E-state index contributed by atoms with van der Waals surface area (Å²) in [4.78, 5) is 13.3. The van der Waals surface area contributed by atoms with E-state index < -0.39 is 0 Å². The highest BCUT2D eigenvalue weighted by molar-refractivity contribution is 5.70. The number of carbonyl (C=O) groups is 1. The fourth-order valence-corrected chi connectivity index (χ4v) is 1.97. The van der Waals surface area contributed by atoms with Crippen molar-refractivity contribution in [2.24, 2.45) is 0 Å². The molecule has 0 saturated heterocycles. The van der Waals surface area contributed by atoms with Gasteiger partial charge >= 0.3 is 5.97 Å². The average molecular weight is 205 g/mol. The molecule has 0 saturated carbocycles. The topological polar surface area (TPSA) is 29.5 Å². The number of hydrogen-bond acceptors (Lipinski definition) is 3. The van der Waals surface area contributed by atoms with Crippen LogP contribution >= 0.6 is 0 Å². The van der Waals surface area contributed by atoms with Gasteiger partial charge in [0.15, 0.2) is 0 Å². The Hall–Kier alpha value is -1.51. The second-order valence-corrected chi connectivity index (χ2v) is 3.69. The van der Waals surface area contributed by atoms with Crippen LogP contribution < -0.4 is 4.90 Å². The van der Waals surface area contributed by atoms with E-state index in [9.17, 15) is 4.79 Å². The molecule has 15 heavy (non-hydrogen) atoms. The summed E-state index contributed by atoms with van der Waals surface area (Å²) in [6.07, 6.45) is 1.54. The molecule has 0 fully saturated rings. The Bertz CT molecular complexity index is 362. The lowest BCUT2D eigenvalue weighted by atomic mass is 10.2. The molecule has 0 amide bonds. The molecule has 0 spiro atoms. The molecule has 1 aromatic rings. The van der Waals surface area contributed by atoms with Gasteiger partial charge in [-0.05, 0) is 18.1 Å². The van der Waals surface area contributed by atoms with Gasteiger partial charge in [-0.1, -0.05) is 18.2 Å². The first-order chi connectivity index (χ1) is 7.31. The monoisotopic (exact) mass is 205 g/mol. The lowest BCUT2D eigenvalue weighted by Gasteiger charge is -2.18. The van der Waals surface area contributed by atoms with E-state index in [1.54, 1.807) is 0 Å². The van der Waals surface area contributed by atoms with Gasteiger partial charge < -0.3 is 9.64 Å². The first-order valence-corrected chi connectivity index (χ1v) is 5.21. The van der Waals surface area contributed by atoms with Crippen LogP contribution in [0.15, 0.2) is 24.3 Å². The molecule has 2 rings (SSSR count). The maximum Gasteiger partial charge on any atom is 0.307 e. The van der Waals surface area contributed by atoms with Crippen molar-refractivity contribution in [1.82, 2.24) is 0 Å². The van der Waals surface area contributed by atoms with Crippen molar-refractivity contribution >= 4 is 11.7 Å². The zero-order chi connectivity index (χ0) is 10.7. The van der Waals surface area contributed by atoms with Gasteiger partial charge in [0, 0.05) is 18.8 Å². The van der Waals surface area contributed by atoms with Crippen molar-refractivity contribution in [3.63, 3.8) is 0 Å². The van der Waals surface area contributed by atoms with Gasteiger partial charge in [0.1, 0.15) is 0 Å². The molecule has 0 radical (unpaired) electrons. The number of esters is 1. The Balaban J connectivity index is 1.99. The van der Waals surface area contributed by atoms with Gasteiger partial charge in [0.05, 0.1) is 13.5 Å². The summed E-state index contributed by atoms with van der Waals surface area (Å²) < 4.78 is 4.63. The maximum absolute atomic E-state index is 11.0. The zero-order valence-corrected chi connectivity index (χ0v) is 8.90. The molecule has 0 aromatic heterocycles. The van der Waals surface area contributed by atoms with Crippen LogP contribution in [-0.2, 0) is 16.0 Å². The van der Waals surface area contributed by atoms with Crippen molar-refractivity contribution in [3.8, 4) is 0 Å². The number of anilines is 1. The van der Waals surface area contributed by atoms with Gasteiger partial charge in [-0.2, -0.15) is 0 Å². The average Bonchev–Trinajstić information content (AvgIpc) is 2.69. The SMILES string of the molecule is COC(=O)CCN1CCc2ccccc21. The Kier molecular flexibility index (Phi) is 2.90.